The van der Waals surface area contributed by atoms with Gasteiger partial charge in [0.1, 0.15) is 30.4 Å². The van der Waals surface area contributed by atoms with Gasteiger partial charge in [-0.1, -0.05) is 30.3 Å². The number of nitriles is 1. The van der Waals surface area contributed by atoms with E-state index >= 15 is 0 Å². The van der Waals surface area contributed by atoms with E-state index in [-0.39, 0.29) is 0 Å². The summed E-state index contributed by atoms with van der Waals surface area (Å²) in [5.41, 5.74) is 5.73. The zero-order chi connectivity index (χ0) is 16.9. The highest BCUT2D eigenvalue weighted by Gasteiger charge is 2.26. The van der Waals surface area contributed by atoms with Gasteiger partial charge in [-0.05, 0) is 31.2 Å². The molecule has 1 heterocycles. The van der Waals surface area contributed by atoms with Gasteiger partial charge in [0.05, 0.1) is 14.1 Å². The summed E-state index contributed by atoms with van der Waals surface area (Å²) in [6, 6.07) is 12.9. The summed E-state index contributed by atoms with van der Waals surface area (Å²) in [6.07, 6.45) is 4.41. The van der Waals surface area contributed by atoms with Gasteiger partial charge >= 0.3 is 0 Å². The zero-order valence-corrected chi connectivity index (χ0v) is 14.6. The molecule has 124 valence electrons. The number of fused-ring (bicyclic) bond motifs is 1. The molecule has 1 aromatic heterocycles. The van der Waals surface area contributed by atoms with Gasteiger partial charge in [-0.2, -0.15) is 5.26 Å². The lowest BCUT2D eigenvalue weighted by molar-refractivity contribution is -0.856. The fraction of sp³-hybridized carbons (Fsp3) is 0.400. The lowest BCUT2D eigenvalue weighted by Crippen LogP contribution is -3.06. The Morgan fingerprint density at radius 1 is 1.12 bits per heavy atom. The molecule has 0 amide bonds. The molecule has 0 aliphatic heterocycles. The van der Waals surface area contributed by atoms with E-state index in [9.17, 15) is 5.26 Å². The maximum atomic E-state index is 9.73. The van der Waals surface area contributed by atoms with Gasteiger partial charge in [-0.15, -0.1) is 0 Å². The molecular formula is C20H26N4+2. The van der Waals surface area contributed by atoms with Crippen molar-refractivity contribution < 1.29 is 9.88 Å². The Kier molecular flexibility index (Phi) is 5.12. The number of likely N-dealkylation sites (N-methyl/N-ethyl adjacent to an activating group) is 1. The van der Waals surface area contributed by atoms with Crippen LogP contribution in [0.1, 0.15) is 29.5 Å². The molecule has 1 aromatic carbocycles. The third kappa shape index (κ3) is 3.42. The van der Waals surface area contributed by atoms with Crippen molar-refractivity contribution in [3.63, 3.8) is 0 Å². The van der Waals surface area contributed by atoms with Crippen molar-refractivity contribution in [3.05, 3.63) is 47.0 Å². The van der Waals surface area contributed by atoms with E-state index in [0.717, 1.165) is 37.3 Å². The second-order valence-corrected chi connectivity index (χ2v) is 6.78. The van der Waals surface area contributed by atoms with Crippen LogP contribution in [-0.4, -0.2) is 27.2 Å². The molecular weight excluding hydrogens is 296 g/mol. The maximum Gasteiger partial charge on any atom is 0.291 e. The Bertz CT molecular complexity index is 744. The highest BCUT2D eigenvalue weighted by molar-refractivity contribution is 5.67. The molecule has 0 saturated heterocycles. The van der Waals surface area contributed by atoms with Crippen LogP contribution in [0, 0.1) is 11.3 Å². The molecule has 1 aliphatic carbocycles. The molecule has 4 heteroatoms. The summed E-state index contributed by atoms with van der Waals surface area (Å²) in [5, 5.41) is 13.2. The highest BCUT2D eigenvalue weighted by atomic mass is 15.1. The minimum absolute atomic E-state index is 0.804. The second kappa shape index (κ2) is 7.46. The molecule has 0 spiro atoms. The maximum absolute atomic E-state index is 9.73. The first-order valence-electron chi connectivity index (χ1n) is 8.80. The van der Waals surface area contributed by atoms with Crippen LogP contribution in [-0.2, 0) is 12.8 Å². The van der Waals surface area contributed by atoms with E-state index in [2.05, 4.69) is 54.7 Å². The van der Waals surface area contributed by atoms with E-state index < -0.39 is 0 Å². The number of rotatable bonds is 5. The number of pyridine rings is 1. The van der Waals surface area contributed by atoms with Crippen LogP contribution in [0.4, 0.5) is 5.82 Å². The number of nitrogens with one attached hydrogen (secondary N) is 3. The predicted molar refractivity (Wildman–Crippen MR) is 96.0 cm³/mol. The Hall–Kier alpha value is -2.38. The molecule has 3 rings (SSSR count). The Morgan fingerprint density at radius 3 is 2.50 bits per heavy atom. The molecule has 0 bridgehead atoms. The number of aromatic amines is 1. The number of hydrogen-bond donors (Lipinski definition) is 2. The highest BCUT2D eigenvalue weighted by Crippen LogP contribution is 2.32. The average Bonchev–Trinajstić information content (AvgIpc) is 2.61. The monoisotopic (exact) mass is 322 g/mol. The normalized spacial score (nSPS) is 13.4. The smallest absolute Gasteiger partial charge is 0.291 e. The lowest BCUT2D eigenvalue weighted by atomic mass is 9.86. The van der Waals surface area contributed by atoms with E-state index in [0.29, 0.717) is 0 Å². The summed E-state index contributed by atoms with van der Waals surface area (Å²) < 4.78 is 0. The number of benzene rings is 1. The fourth-order valence-electron chi connectivity index (χ4n) is 3.42. The van der Waals surface area contributed by atoms with Gasteiger partial charge in [-0.25, -0.2) is 4.98 Å². The van der Waals surface area contributed by atoms with Crippen LogP contribution >= 0.6 is 0 Å². The number of aromatic nitrogens is 1. The fourth-order valence-corrected chi connectivity index (χ4v) is 3.42. The van der Waals surface area contributed by atoms with Crippen LogP contribution in [0.5, 0.6) is 0 Å². The van der Waals surface area contributed by atoms with Gasteiger partial charge in [0.25, 0.3) is 5.82 Å². The second-order valence-electron chi connectivity index (χ2n) is 6.78. The summed E-state index contributed by atoms with van der Waals surface area (Å²) in [4.78, 5) is 4.93. The number of anilines is 1. The van der Waals surface area contributed by atoms with Crippen LogP contribution in [0.25, 0.3) is 11.3 Å². The molecule has 4 nitrogen and oxygen atoms in total. The molecule has 2 aromatic rings. The molecule has 0 unspecified atom stereocenters. The van der Waals surface area contributed by atoms with Crippen LogP contribution in [0.2, 0.25) is 0 Å². The Morgan fingerprint density at radius 2 is 1.83 bits per heavy atom. The van der Waals surface area contributed by atoms with Crippen molar-refractivity contribution in [2.75, 3.05) is 32.5 Å². The predicted octanol–water partition coefficient (Wildman–Crippen LogP) is 1.47. The number of nitrogens with zero attached hydrogens (tertiary/aromatic N) is 1. The minimum atomic E-state index is 0.804. The third-order valence-electron chi connectivity index (χ3n) is 4.67. The average molecular weight is 322 g/mol. The van der Waals surface area contributed by atoms with Crippen molar-refractivity contribution in [3.8, 4) is 17.3 Å². The summed E-state index contributed by atoms with van der Waals surface area (Å²) in [5.74, 6) is 0.873. The summed E-state index contributed by atoms with van der Waals surface area (Å²) >= 11 is 0. The van der Waals surface area contributed by atoms with Gasteiger partial charge in [0.15, 0.2) is 0 Å². The minimum Gasteiger partial charge on any atom is -0.337 e. The van der Waals surface area contributed by atoms with Crippen LogP contribution in [0.3, 0.4) is 0 Å². The molecule has 0 radical (unpaired) electrons. The first-order chi connectivity index (χ1) is 11.7. The zero-order valence-electron chi connectivity index (χ0n) is 14.6. The van der Waals surface area contributed by atoms with Gasteiger partial charge in [0, 0.05) is 11.1 Å². The third-order valence-corrected chi connectivity index (χ3v) is 4.67. The van der Waals surface area contributed by atoms with Gasteiger partial charge in [0.2, 0.25) is 0 Å². The van der Waals surface area contributed by atoms with Gasteiger partial charge in [-0.3, -0.25) is 5.32 Å². The number of hydrogen-bond acceptors (Lipinski definition) is 2. The summed E-state index contributed by atoms with van der Waals surface area (Å²) in [7, 11) is 4.28. The Balaban J connectivity index is 2.07. The van der Waals surface area contributed by atoms with Gasteiger partial charge < -0.3 is 4.90 Å². The molecule has 0 atom stereocenters. The first kappa shape index (κ1) is 16.5. The standard InChI is InChI=1S/C20H24N4/c1-24(2)13-12-22-20-18(14-21)16-10-6-7-11-17(16)19(23-20)15-8-4-3-5-9-15/h3-5,8-9H,6-7,10-13H2,1-2H3,(H,22,23)/p+2. The molecule has 24 heavy (non-hydrogen) atoms. The summed E-state index contributed by atoms with van der Waals surface area (Å²) in [6.45, 7) is 1.86. The largest absolute Gasteiger partial charge is 0.337 e. The quantitative estimate of drug-likeness (QED) is 0.876. The van der Waals surface area contributed by atoms with Crippen molar-refractivity contribution >= 4 is 5.82 Å². The van der Waals surface area contributed by atoms with Crippen LogP contribution < -0.4 is 15.2 Å². The van der Waals surface area contributed by atoms with E-state index in [4.69, 9.17) is 0 Å². The topological polar surface area (TPSA) is 54.4 Å². The van der Waals surface area contributed by atoms with E-state index in [1.807, 2.05) is 6.07 Å². The van der Waals surface area contributed by atoms with E-state index in [1.165, 1.54) is 40.1 Å². The molecule has 3 N–H and O–H groups in total. The van der Waals surface area contributed by atoms with Crippen molar-refractivity contribution in [2.45, 2.75) is 25.7 Å². The molecule has 0 fully saturated rings. The van der Waals surface area contributed by atoms with Crippen LogP contribution in [0.15, 0.2) is 30.3 Å². The first-order valence-corrected chi connectivity index (χ1v) is 8.80. The van der Waals surface area contributed by atoms with Crippen molar-refractivity contribution in [1.82, 2.24) is 0 Å². The Labute approximate surface area is 144 Å². The molecule has 1 aliphatic rings. The molecule has 0 saturated carbocycles. The van der Waals surface area contributed by atoms with E-state index in [1.54, 1.807) is 0 Å². The number of H-pyrrole nitrogens is 1. The lowest BCUT2D eigenvalue weighted by Gasteiger charge is -2.20. The van der Waals surface area contributed by atoms with Crippen molar-refractivity contribution in [2.24, 2.45) is 0 Å². The number of quaternary nitrogens is 1. The SMILES string of the molecule is C[NH+](C)CCNc1[nH+]c(-c2ccccc2)c2c(c1C#N)CCCC2. The van der Waals surface area contributed by atoms with Crippen molar-refractivity contribution in [1.29, 1.82) is 5.26 Å².